The number of aryl methyl sites for hydroxylation is 1. The second-order valence-electron chi connectivity index (χ2n) is 4.43. The Hall–Kier alpha value is -2.11. The Morgan fingerprint density at radius 1 is 1.44 bits per heavy atom. The molecule has 0 aliphatic heterocycles. The summed E-state index contributed by atoms with van der Waals surface area (Å²) in [6.45, 7) is 5.11. The van der Waals surface area contributed by atoms with Crippen LogP contribution in [0.1, 0.15) is 19.4 Å². The first-order chi connectivity index (χ1) is 8.34. The normalized spacial score (nSPS) is 12.2. The van der Waals surface area contributed by atoms with Crippen LogP contribution in [0.15, 0.2) is 18.2 Å². The van der Waals surface area contributed by atoms with Crippen LogP contribution in [0.5, 0.6) is 0 Å². The maximum absolute atomic E-state index is 11.1. The van der Waals surface area contributed by atoms with E-state index in [-0.39, 0.29) is 17.3 Å². The van der Waals surface area contributed by atoms with E-state index in [4.69, 9.17) is 5.11 Å². The van der Waals surface area contributed by atoms with Gasteiger partial charge in [-0.2, -0.15) is 0 Å². The first-order valence-corrected chi connectivity index (χ1v) is 5.58. The van der Waals surface area contributed by atoms with Crippen LogP contribution >= 0.6 is 0 Å². The summed E-state index contributed by atoms with van der Waals surface area (Å²) < 4.78 is 0. The van der Waals surface area contributed by atoms with Gasteiger partial charge in [0.15, 0.2) is 0 Å². The number of carboxylic acids is 1. The molecule has 98 valence electrons. The van der Waals surface area contributed by atoms with Gasteiger partial charge in [-0.3, -0.25) is 10.1 Å². The molecular weight excluding hydrogens is 236 g/mol. The molecule has 0 aromatic heterocycles. The molecule has 2 N–H and O–H groups in total. The fourth-order valence-corrected chi connectivity index (χ4v) is 1.70. The van der Waals surface area contributed by atoms with Crippen molar-refractivity contribution in [2.24, 2.45) is 5.92 Å². The topological polar surface area (TPSA) is 92.5 Å². The molecular formula is C12H16N2O4. The number of hydrogen-bond acceptors (Lipinski definition) is 4. The molecule has 0 saturated heterocycles. The summed E-state index contributed by atoms with van der Waals surface area (Å²) in [4.78, 5) is 21.6. The number of aliphatic carboxylic acids is 1. The van der Waals surface area contributed by atoms with E-state index >= 15 is 0 Å². The predicted octanol–water partition coefficient (Wildman–Crippen LogP) is 2.42. The molecule has 1 unspecified atom stereocenters. The van der Waals surface area contributed by atoms with E-state index < -0.39 is 16.9 Å². The number of anilines is 1. The lowest BCUT2D eigenvalue weighted by Gasteiger charge is -2.19. The Bertz CT molecular complexity index is 471. The lowest BCUT2D eigenvalue weighted by Crippen LogP contribution is -2.34. The largest absolute Gasteiger partial charge is 0.480 e. The molecule has 0 spiro atoms. The van der Waals surface area contributed by atoms with E-state index in [0.29, 0.717) is 5.56 Å². The van der Waals surface area contributed by atoms with Crippen LogP contribution < -0.4 is 5.32 Å². The SMILES string of the molecule is Cc1cccc(NC(C(=O)O)C(C)C)c1[N+](=O)[O-]. The van der Waals surface area contributed by atoms with Gasteiger partial charge >= 0.3 is 5.97 Å². The van der Waals surface area contributed by atoms with Gasteiger partial charge in [0.2, 0.25) is 0 Å². The van der Waals surface area contributed by atoms with Crippen molar-refractivity contribution >= 4 is 17.3 Å². The molecule has 0 bridgehead atoms. The fraction of sp³-hybridized carbons (Fsp3) is 0.417. The van der Waals surface area contributed by atoms with Crippen LogP contribution in [0.25, 0.3) is 0 Å². The third kappa shape index (κ3) is 2.97. The Morgan fingerprint density at radius 3 is 2.50 bits per heavy atom. The Balaban J connectivity index is 3.14. The lowest BCUT2D eigenvalue weighted by molar-refractivity contribution is -0.384. The number of nitrogens with one attached hydrogen (secondary N) is 1. The first-order valence-electron chi connectivity index (χ1n) is 5.58. The van der Waals surface area contributed by atoms with Gasteiger partial charge in [-0.1, -0.05) is 26.0 Å². The van der Waals surface area contributed by atoms with E-state index in [0.717, 1.165) is 0 Å². The van der Waals surface area contributed by atoms with Gasteiger partial charge in [-0.05, 0) is 18.9 Å². The molecule has 6 heteroatoms. The van der Waals surface area contributed by atoms with Crippen molar-refractivity contribution in [1.29, 1.82) is 0 Å². The molecule has 1 aromatic rings. The quantitative estimate of drug-likeness (QED) is 0.620. The molecule has 0 aliphatic carbocycles. The number of carboxylic acid groups (broad SMARTS) is 1. The van der Waals surface area contributed by atoms with Crippen LogP contribution in [0.2, 0.25) is 0 Å². The van der Waals surface area contributed by atoms with Gasteiger partial charge in [0, 0.05) is 5.56 Å². The predicted molar refractivity (Wildman–Crippen MR) is 67.7 cm³/mol. The van der Waals surface area contributed by atoms with E-state index in [1.54, 1.807) is 32.9 Å². The van der Waals surface area contributed by atoms with Crippen LogP contribution in [0, 0.1) is 23.0 Å². The summed E-state index contributed by atoms with van der Waals surface area (Å²) >= 11 is 0. The molecule has 0 radical (unpaired) electrons. The summed E-state index contributed by atoms with van der Waals surface area (Å²) in [5.74, 6) is -1.21. The van der Waals surface area contributed by atoms with Crippen molar-refractivity contribution in [2.45, 2.75) is 26.8 Å². The summed E-state index contributed by atoms with van der Waals surface area (Å²) in [5.41, 5.74) is 0.656. The average Bonchev–Trinajstić information content (AvgIpc) is 2.24. The average molecular weight is 252 g/mol. The maximum atomic E-state index is 11.1. The Labute approximate surface area is 105 Å². The van der Waals surface area contributed by atoms with Crippen LogP contribution in [-0.4, -0.2) is 22.0 Å². The van der Waals surface area contributed by atoms with Gasteiger partial charge in [0.05, 0.1) is 4.92 Å². The van der Waals surface area contributed by atoms with Crippen molar-refractivity contribution in [1.82, 2.24) is 0 Å². The van der Waals surface area contributed by atoms with Crippen LogP contribution in [0.3, 0.4) is 0 Å². The second-order valence-corrected chi connectivity index (χ2v) is 4.43. The van der Waals surface area contributed by atoms with Crippen molar-refractivity contribution in [3.63, 3.8) is 0 Å². The number of rotatable bonds is 5. The molecule has 1 rings (SSSR count). The minimum absolute atomic E-state index is 0.0793. The fourth-order valence-electron chi connectivity index (χ4n) is 1.70. The molecule has 0 amide bonds. The zero-order valence-corrected chi connectivity index (χ0v) is 10.5. The smallest absolute Gasteiger partial charge is 0.326 e. The van der Waals surface area contributed by atoms with E-state index in [9.17, 15) is 14.9 Å². The highest BCUT2D eigenvalue weighted by atomic mass is 16.6. The van der Waals surface area contributed by atoms with Gasteiger partial charge in [-0.25, -0.2) is 4.79 Å². The zero-order valence-electron chi connectivity index (χ0n) is 10.5. The highest BCUT2D eigenvalue weighted by molar-refractivity contribution is 5.79. The third-order valence-electron chi connectivity index (χ3n) is 2.66. The molecule has 1 aromatic carbocycles. The summed E-state index contributed by atoms with van der Waals surface area (Å²) in [7, 11) is 0. The van der Waals surface area contributed by atoms with Gasteiger partial charge < -0.3 is 10.4 Å². The monoisotopic (exact) mass is 252 g/mol. The summed E-state index contributed by atoms with van der Waals surface area (Å²) in [6, 6.07) is 3.94. The molecule has 0 fully saturated rings. The van der Waals surface area contributed by atoms with Crippen molar-refractivity contribution < 1.29 is 14.8 Å². The van der Waals surface area contributed by atoms with Gasteiger partial charge in [0.25, 0.3) is 5.69 Å². The first kappa shape index (κ1) is 14.0. The lowest BCUT2D eigenvalue weighted by atomic mass is 10.0. The van der Waals surface area contributed by atoms with Crippen molar-refractivity contribution in [3.8, 4) is 0 Å². The summed E-state index contributed by atoms with van der Waals surface area (Å²) in [5, 5.41) is 22.8. The van der Waals surface area contributed by atoms with Gasteiger partial charge in [0.1, 0.15) is 11.7 Å². The number of nitrogens with zero attached hydrogens (tertiary/aromatic N) is 1. The van der Waals surface area contributed by atoms with Gasteiger partial charge in [-0.15, -0.1) is 0 Å². The Morgan fingerprint density at radius 2 is 2.06 bits per heavy atom. The molecule has 0 heterocycles. The van der Waals surface area contributed by atoms with Crippen LogP contribution in [0.4, 0.5) is 11.4 Å². The van der Waals surface area contributed by atoms with E-state index in [1.807, 2.05) is 0 Å². The minimum atomic E-state index is -1.03. The number of nitro benzene ring substituents is 1. The summed E-state index contributed by atoms with van der Waals surface area (Å²) in [6.07, 6.45) is 0. The third-order valence-corrected chi connectivity index (χ3v) is 2.66. The Kier molecular flexibility index (Phi) is 4.25. The number of hydrogen-bond donors (Lipinski definition) is 2. The second kappa shape index (κ2) is 5.48. The van der Waals surface area contributed by atoms with E-state index in [1.165, 1.54) is 6.07 Å². The molecule has 0 aliphatic rings. The molecule has 6 nitrogen and oxygen atoms in total. The van der Waals surface area contributed by atoms with E-state index in [2.05, 4.69) is 5.32 Å². The number of carbonyl (C=O) groups is 1. The molecule has 1 atom stereocenters. The molecule has 0 saturated carbocycles. The van der Waals surface area contributed by atoms with Crippen molar-refractivity contribution in [3.05, 3.63) is 33.9 Å². The highest BCUT2D eigenvalue weighted by Gasteiger charge is 2.25. The highest BCUT2D eigenvalue weighted by Crippen LogP contribution is 2.29. The van der Waals surface area contributed by atoms with Crippen LogP contribution in [-0.2, 0) is 4.79 Å². The number of para-hydroxylation sites is 1. The zero-order chi connectivity index (χ0) is 13.9. The molecule has 18 heavy (non-hydrogen) atoms. The number of benzene rings is 1. The number of nitro groups is 1. The van der Waals surface area contributed by atoms with Crippen molar-refractivity contribution in [2.75, 3.05) is 5.32 Å². The standard InChI is InChI=1S/C12H16N2O4/c1-7(2)10(12(15)16)13-9-6-4-5-8(3)11(9)14(17)18/h4-7,10,13H,1-3H3,(H,15,16). The minimum Gasteiger partial charge on any atom is -0.480 e. The maximum Gasteiger partial charge on any atom is 0.326 e.